The lowest BCUT2D eigenvalue weighted by Crippen LogP contribution is -2.07. The molecule has 1 heterocycles. The third-order valence-electron chi connectivity index (χ3n) is 3.36. The lowest BCUT2D eigenvalue weighted by atomic mass is 10.0. The predicted molar refractivity (Wildman–Crippen MR) is 86.5 cm³/mol. The molecule has 0 unspecified atom stereocenters. The van der Waals surface area contributed by atoms with E-state index in [4.69, 9.17) is 16.3 Å². The van der Waals surface area contributed by atoms with E-state index >= 15 is 0 Å². The minimum atomic E-state index is 0.184. The fourth-order valence-corrected chi connectivity index (χ4v) is 3.46. The molecule has 0 radical (unpaired) electrons. The summed E-state index contributed by atoms with van der Waals surface area (Å²) < 4.78 is 5.63. The lowest BCUT2D eigenvalue weighted by molar-refractivity contribution is -0.116. The van der Waals surface area contributed by atoms with Crippen molar-refractivity contribution in [1.82, 2.24) is 0 Å². The predicted octanol–water partition coefficient (Wildman–Crippen LogP) is 4.18. The average Bonchev–Trinajstić information content (AvgIpc) is 2.94. The van der Waals surface area contributed by atoms with Crippen LogP contribution in [0, 0.1) is 0 Å². The maximum absolute atomic E-state index is 12.2. The third-order valence-corrected chi connectivity index (χ3v) is 4.65. The highest BCUT2D eigenvalue weighted by atomic mass is 35.5. The number of carbonyl (C=O) groups is 1. The van der Waals surface area contributed by atoms with E-state index in [0.29, 0.717) is 23.8 Å². The van der Waals surface area contributed by atoms with Crippen LogP contribution >= 0.6 is 23.4 Å². The Morgan fingerprint density at radius 3 is 2.86 bits per heavy atom. The van der Waals surface area contributed by atoms with Crippen LogP contribution in [-0.2, 0) is 17.6 Å². The molecule has 0 fully saturated rings. The Bertz CT molecular complexity index is 655. The summed E-state index contributed by atoms with van der Waals surface area (Å²) in [5.41, 5.74) is 2.02. The number of carbonyl (C=O) groups excluding carboxylic acids is 1. The molecule has 3 rings (SSSR count). The van der Waals surface area contributed by atoms with Gasteiger partial charge in [0, 0.05) is 28.3 Å². The molecule has 1 aliphatic rings. The number of hydrogen-bond donors (Lipinski definition) is 0. The highest BCUT2D eigenvalue weighted by Crippen LogP contribution is 2.33. The standard InChI is InChI=1S/C17H15ClO2S/c18-14-8-12-6-7-20-17(12)13(9-14)10-15(19)11-21-16-4-2-1-3-5-16/h1-5,8-9H,6-7,10-11H2. The van der Waals surface area contributed by atoms with Crippen molar-refractivity contribution >= 4 is 29.1 Å². The topological polar surface area (TPSA) is 26.3 Å². The fraction of sp³-hybridized carbons (Fsp3) is 0.235. The molecule has 0 bridgehead atoms. The smallest absolute Gasteiger partial charge is 0.147 e. The largest absolute Gasteiger partial charge is 0.493 e. The van der Waals surface area contributed by atoms with Crippen molar-refractivity contribution in [3.63, 3.8) is 0 Å². The summed E-state index contributed by atoms with van der Waals surface area (Å²) in [5, 5.41) is 0.678. The van der Waals surface area contributed by atoms with Gasteiger partial charge in [0.05, 0.1) is 12.4 Å². The van der Waals surface area contributed by atoms with E-state index in [9.17, 15) is 4.79 Å². The molecule has 108 valence electrons. The van der Waals surface area contributed by atoms with Gasteiger partial charge in [-0.1, -0.05) is 29.8 Å². The first-order chi connectivity index (χ1) is 10.2. The van der Waals surface area contributed by atoms with E-state index in [1.165, 1.54) is 0 Å². The number of rotatable bonds is 5. The number of ketones is 1. The Morgan fingerprint density at radius 2 is 2.05 bits per heavy atom. The summed E-state index contributed by atoms with van der Waals surface area (Å²) >= 11 is 7.67. The highest BCUT2D eigenvalue weighted by Gasteiger charge is 2.19. The summed E-state index contributed by atoms with van der Waals surface area (Å²) in [4.78, 5) is 13.3. The third kappa shape index (κ3) is 3.60. The maximum Gasteiger partial charge on any atom is 0.147 e. The van der Waals surface area contributed by atoms with Crippen LogP contribution in [0.1, 0.15) is 11.1 Å². The number of thioether (sulfide) groups is 1. The van der Waals surface area contributed by atoms with Gasteiger partial charge in [0.15, 0.2) is 0 Å². The van der Waals surface area contributed by atoms with Gasteiger partial charge < -0.3 is 4.74 Å². The van der Waals surface area contributed by atoms with Crippen LogP contribution in [0.25, 0.3) is 0 Å². The monoisotopic (exact) mass is 318 g/mol. The molecule has 0 spiro atoms. The molecule has 0 N–H and O–H groups in total. The van der Waals surface area contributed by atoms with Crippen LogP contribution in [0.2, 0.25) is 5.02 Å². The number of halogens is 1. The van der Waals surface area contributed by atoms with Gasteiger partial charge in [-0.3, -0.25) is 4.79 Å². The number of fused-ring (bicyclic) bond motifs is 1. The highest BCUT2D eigenvalue weighted by molar-refractivity contribution is 8.00. The number of hydrogen-bond acceptors (Lipinski definition) is 3. The Kier molecular flexibility index (Phi) is 4.51. The second kappa shape index (κ2) is 6.54. The zero-order valence-electron chi connectivity index (χ0n) is 11.5. The van der Waals surface area contributed by atoms with Crippen LogP contribution in [0.5, 0.6) is 5.75 Å². The first-order valence-electron chi connectivity index (χ1n) is 6.86. The number of benzene rings is 2. The normalized spacial score (nSPS) is 12.8. The average molecular weight is 319 g/mol. The first-order valence-corrected chi connectivity index (χ1v) is 8.22. The summed E-state index contributed by atoms with van der Waals surface area (Å²) in [6.07, 6.45) is 1.25. The van der Waals surface area contributed by atoms with Gasteiger partial charge in [0.25, 0.3) is 0 Å². The van der Waals surface area contributed by atoms with Gasteiger partial charge in [-0.15, -0.1) is 11.8 Å². The molecule has 0 aliphatic carbocycles. The van der Waals surface area contributed by atoms with E-state index in [0.717, 1.165) is 28.2 Å². The Hall–Kier alpha value is -1.45. The van der Waals surface area contributed by atoms with Gasteiger partial charge in [-0.05, 0) is 29.8 Å². The number of ether oxygens (including phenoxy) is 1. The SMILES string of the molecule is O=C(CSc1ccccc1)Cc1cc(Cl)cc2c1OCC2. The van der Waals surface area contributed by atoms with Gasteiger partial charge in [-0.2, -0.15) is 0 Å². The number of Topliss-reactive ketones (excluding diaryl/α,β-unsaturated/α-hetero) is 1. The molecular formula is C17H15ClO2S. The van der Waals surface area contributed by atoms with Gasteiger partial charge in [0.2, 0.25) is 0 Å². The van der Waals surface area contributed by atoms with Crippen LogP contribution in [0.3, 0.4) is 0 Å². The molecule has 21 heavy (non-hydrogen) atoms. The van der Waals surface area contributed by atoms with Crippen molar-refractivity contribution in [3.05, 3.63) is 58.6 Å². The van der Waals surface area contributed by atoms with Crippen molar-refractivity contribution in [1.29, 1.82) is 0 Å². The van der Waals surface area contributed by atoms with Crippen molar-refractivity contribution in [3.8, 4) is 5.75 Å². The van der Waals surface area contributed by atoms with E-state index in [-0.39, 0.29) is 5.78 Å². The Balaban J connectivity index is 1.65. The summed E-state index contributed by atoms with van der Waals surface area (Å²) in [6, 6.07) is 13.7. The van der Waals surface area contributed by atoms with E-state index in [2.05, 4.69) is 0 Å². The molecule has 0 saturated carbocycles. The van der Waals surface area contributed by atoms with Crippen molar-refractivity contribution in [2.45, 2.75) is 17.7 Å². The van der Waals surface area contributed by atoms with Gasteiger partial charge >= 0.3 is 0 Å². The Morgan fingerprint density at radius 1 is 1.24 bits per heavy atom. The zero-order valence-corrected chi connectivity index (χ0v) is 13.0. The second-order valence-corrected chi connectivity index (χ2v) is 6.45. The van der Waals surface area contributed by atoms with Gasteiger partial charge in [0.1, 0.15) is 11.5 Å². The van der Waals surface area contributed by atoms with Crippen LogP contribution in [0.4, 0.5) is 0 Å². The van der Waals surface area contributed by atoms with Crippen molar-refractivity contribution in [2.24, 2.45) is 0 Å². The molecular weight excluding hydrogens is 304 g/mol. The zero-order chi connectivity index (χ0) is 14.7. The quantitative estimate of drug-likeness (QED) is 0.774. The van der Waals surface area contributed by atoms with Crippen LogP contribution in [-0.4, -0.2) is 18.1 Å². The summed E-state index contributed by atoms with van der Waals surface area (Å²) in [7, 11) is 0. The van der Waals surface area contributed by atoms with E-state index in [1.54, 1.807) is 11.8 Å². The molecule has 0 atom stereocenters. The minimum absolute atomic E-state index is 0.184. The van der Waals surface area contributed by atoms with E-state index in [1.807, 2.05) is 42.5 Å². The molecule has 0 saturated heterocycles. The van der Waals surface area contributed by atoms with Crippen molar-refractivity contribution < 1.29 is 9.53 Å². The van der Waals surface area contributed by atoms with Gasteiger partial charge in [-0.25, -0.2) is 0 Å². The summed E-state index contributed by atoms with van der Waals surface area (Å²) in [5.74, 6) is 1.51. The molecule has 2 aromatic rings. The molecule has 0 amide bonds. The van der Waals surface area contributed by atoms with E-state index < -0.39 is 0 Å². The lowest BCUT2D eigenvalue weighted by Gasteiger charge is -2.08. The fourth-order valence-electron chi connectivity index (χ4n) is 2.42. The first kappa shape index (κ1) is 14.5. The molecule has 2 nitrogen and oxygen atoms in total. The maximum atomic E-state index is 12.2. The molecule has 0 aromatic heterocycles. The molecule has 4 heteroatoms. The molecule has 1 aliphatic heterocycles. The Labute approximate surface area is 133 Å². The van der Waals surface area contributed by atoms with Crippen LogP contribution < -0.4 is 4.74 Å². The second-order valence-electron chi connectivity index (χ2n) is 4.97. The van der Waals surface area contributed by atoms with Crippen LogP contribution in [0.15, 0.2) is 47.4 Å². The molecule has 2 aromatic carbocycles. The summed E-state index contributed by atoms with van der Waals surface area (Å²) in [6.45, 7) is 0.676. The minimum Gasteiger partial charge on any atom is -0.493 e. The van der Waals surface area contributed by atoms with Crippen molar-refractivity contribution in [2.75, 3.05) is 12.4 Å².